The van der Waals surface area contributed by atoms with Crippen LogP contribution in [0.3, 0.4) is 0 Å². The fraction of sp³-hybridized carbons (Fsp3) is 0.667. The molecule has 1 heterocycles. The highest BCUT2D eigenvalue weighted by Gasteiger charge is 2.55. The molecule has 1 amide bonds. The van der Waals surface area contributed by atoms with Crippen LogP contribution in [0.4, 0.5) is 0 Å². The Labute approximate surface area is 158 Å². The van der Waals surface area contributed by atoms with E-state index in [1.54, 1.807) is 0 Å². The van der Waals surface area contributed by atoms with Crippen molar-refractivity contribution in [3.8, 4) is 0 Å². The molecule has 5 aliphatic rings. The van der Waals surface area contributed by atoms with Gasteiger partial charge in [0, 0.05) is 11.0 Å². The number of amides is 1. The van der Waals surface area contributed by atoms with E-state index < -0.39 is 0 Å². The van der Waals surface area contributed by atoms with E-state index in [0.717, 1.165) is 48.0 Å². The average Bonchev–Trinajstić information content (AvgIpc) is 2.61. The van der Waals surface area contributed by atoms with Crippen LogP contribution in [0.2, 0.25) is 0 Å². The normalized spacial score (nSPS) is 39.6. The predicted octanol–water partition coefficient (Wildman–Crippen LogP) is 4.57. The lowest BCUT2D eigenvalue weighted by Gasteiger charge is -2.57. The van der Waals surface area contributed by atoms with Crippen LogP contribution in [0.5, 0.6) is 0 Å². The molecule has 1 atom stereocenters. The average molecular weight is 404 g/mol. The van der Waals surface area contributed by atoms with Crippen molar-refractivity contribution in [3.05, 3.63) is 34.3 Å². The summed E-state index contributed by atoms with van der Waals surface area (Å²) in [5.41, 5.74) is 1.14. The number of benzene rings is 1. The lowest BCUT2D eigenvalue weighted by Crippen LogP contribution is -2.56. The Bertz CT molecular complexity index is 636. The number of carbonyl (C=O) groups excluding carboxylic acids is 1. The Morgan fingerprint density at radius 2 is 1.64 bits per heavy atom. The van der Waals surface area contributed by atoms with E-state index in [1.165, 1.54) is 24.8 Å². The largest absolute Gasteiger partial charge is 0.370 e. The first-order valence-electron chi connectivity index (χ1n) is 9.78. The molecular weight excluding hydrogens is 378 g/mol. The van der Waals surface area contributed by atoms with Crippen molar-refractivity contribution < 1.29 is 9.53 Å². The summed E-state index contributed by atoms with van der Waals surface area (Å²) in [6, 6.07) is 8.32. The van der Waals surface area contributed by atoms with E-state index >= 15 is 0 Å². The number of hydrogen-bond acceptors (Lipinski definition) is 2. The lowest BCUT2D eigenvalue weighted by molar-refractivity contribution is -0.164. The standard InChI is InChI=1S/C21H26BrNO2/c22-18-3-1-17(2-4-18)19-13-23(5-6-25-19)20(24)21-10-14-7-15(11-21)9-16(8-14)12-21/h1-4,14-16,19H,5-13H2. The molecule has 1 aromatic carbocycles. The smallest absolute Gasteiger partial charge is 0.228 e. The van der Waals surface area contributed by atoms with Gasteiger partial charge in [0.05, 0.1) is 18.6 Å². The number of halogens is 1. The Hall–Kier alpha value is -0.870. The molecule has 1 aliphatic heterocycles. The van der Waals surface area contributed by atoms with Gasteiger partial charge >= 0.3 is 0 Å². The summed E-state index contributed by atoms with van der Waals surface area (Å²) in [5.74, 6) is 2.90. The molecule has 6 rings (SSSR count). The van der Waals surface area contributed by atoms with Crippen molar-refractivity contribution in [2.24, 2.45) is 23.2 Å². The van der Waals surface area contributed by atoms with Gasteiger partial charge in [-0.05, 0) is 74.0 Å². The maximum atomic E-state index is 13.5. The van der Waals surface area contributed by atoms with Crippen LogP contribution in [-0.2, 0) is 9.53 Å². The SMILES string of the molecule is O=C(N1CCOC(c2ccc(Br)cc2)C1)C12CC3CC(CC(C3)C1)C2. The maximum Gasteiger partial charge on any atom is 0.228 e. The summed E-state index contributed by atoms with van der Waals surface area (Å²) in [5, 5.41) is 0. The Kier molecular flexibility index (Phi) is 3.97. The topological polar surface area (TPSA) is 29.5 Å². The Morgan fingerprint density at radius 1 is 1.04 bits per heavy atom. The van der Waals surface area contributed by atoms with Crippen molar-refractivity contribution >= 4 is 21.8 Å². The molecule has 1 aromatic rings. The lowest BCUT2D eigenvalue weighted by atomic mass is 9.49. The summed E-state index contributed by atoms with van der Waals surface area (Å²) in [6.07, 6.45) is 7.62. The van der Waals surface area contributed by atoms with Crippen molar-refractivity contribution in [1.29, 1.82) is 0 Å². The molecule has 4 heteroatoms. The number of carbonyl (C=O) groups is 1. The van der Waals surface area contributed by atoms with Gasteiger partial charge < -0.3 is 9.64 Å². The first kappa shape index (κ1) is 16.3. The molecule has 25 heavy (non-hydrogen) atoms. The number of nitrogens with zero attached hydrogens (tertiary/aromatic N) is 1. The third-order valence-corrected chi connectivity index (χ3v) is 7.62. The van der Waals surface area contributed by atoms with E-state index in [0.29, 0.717) is 19.1 Å². The van der Waals surface area contributed by atoms with Crippen molar-refractivity contribution in [2.45, 2.75) is 44.6 Å². The van der Waals surface area contributed by atoms with Crippen LogP contribution in [-0.4, -0.2) is 30.5 Å². The van der Waals surface area contributed by atoms with Crippen LogP contribution in [0.25, 0.3) is 0 Å². The first-order chi connectivity index (χ1) is 12.1. The second kappa shape index (κ2) is 6.09. The van der Waals surface area contributed by atoms with Crippen LogP contribution in [0.1, 0.15) is 50.2 Å². The van der Waals surface area contributed by atoms with E-state index in [9.17, 15) is 4.79 Å². The van der Waals surface area contributed by atoms with E-state index in [4.69, 9.17) is 4.74 Å². The van der Waals surface area contributed by atoms with Crippen LogP contribution >= 0.6 is 15.9 Å². The molecular formula is C21H26BrNO2. The number of rotatable bonds is 2. The van der Waals surface area contributed by atoms with E-state index in [-0.39, 0.29) is 11.5 Å². The fourth-order valence-corrected chi connectivity index (χ4v) is 6.69. The highest BCUT2D eigenvalue weighted by atomic mass is 79.9. The predicted molar refractivity (Wildman–Crippen MR) is 100 cm³/mol. The molecule has 0 N–H and O–H groups in total. The fourth-order valence-electron chi connectivity index (χ4n) is 6.42. The van der Waals surface area contributed by atoms with Crippen LogP contribution in [0, 0.1) is 23.2 Å². The zero-order valence-corrected chi connectivity index (χ0v) is 16.2. The Morgan fingerprint density at radius 3 is 2.24 bits per heavy atom. The van der Waals surface area contributed by atoms with Gasteiger partial charge in [-0.25, -0.2) is 0 Å². The molecule has 4 aliphatic carbocycles. The van der Waals surface area contributed by atoms with Crippen molar-refractivity contribution in [3.63, 3.8) is 0 Å². The highest BCUT2D eigenvalue weighted by Crippen LogP contribution is 2.60. The number of ether oxygens (including phenoxy) is 1. The monoisotopic (exact) mass is 403 g/mol. The van der Waals surface area contributed by atoms with E-state index in [1.807, 2.05) is 0 Å². The van der Waals surface area contributed by atoms with Gasteiger partial charge in [0.2, 0.25) is 5.91 Å². The van der Waals surface area contributed by atoms with Gasteiger partial charge in [-0.3, -0.25) is 4.79 Å². The Balaban J connectivity index is 1.34. The molecule has 4 saturated carbocycles. The molecule has 3 nitrogen and oxygen atoms in total. The van der Waals surface area contributed by atoms with E-state index in [2.05, 4.69) is 45.1 Å². The van der Waals surface area contributed by atoms with Crippen LogP contribution in [0.15, 0.2) is 28.7 Å². The zero-order chi connectivity index (χ0) is 17.0. The molecule has 4 bridgehead atoms. The minimum absolute atomic E-state index is 0.0136. The molecule has 0 aromatic heterocycles. The maximum absolute atomic E-state index is 13.5. The number of morpholine rings is 1. The molecule has 1 saturated heterocycles. The number of hydrogen-bond donors (Lipinski definition) is 0. The van der Waals surface area contributed by atoms with Gasteiger partial charge in [-0.2, -0.15) is 0 Å². The molecule has 134 valence electrons. The third kappa shape index (κ3) is 2.86. The highest BCUT2D eigenvalue weighted by molar-refractivity contribution is 9.10. The summed E-state index contributed by atoms with van der Waals surface area (Å²) in [6.45, 7) is 2.12. The molecule has 0 spiro atoms. The quantitative estimate of drug-likeness (QED) is 0.723. The summed E-state index contributed by atoms with van der Waals surface area (Å²) in [7, 11) is 0. The minimum atomic E-state index is -0.0314. The van der Waals surface area contributed by atoms with Crippen molar-refractivity contribution in [2.75, 3.05) is 19.7 Å². The molecule has 1 unspecified atom stereocenters. The summed E-state index contributed by atoms with van der Waals surface area (Å²) < 4.78 is 7.07. The zero-order valence-electron chi connectivity index (χ0n) is 14.6. The molecule has 0 radical (unpaired) electrons. The molecule has 5 fully saturated rings. The van der Waals surface area contributed by atoms with Gasteiger partial charge in [0.25, 0.3) is 0 Å². The van der Waals surface area contributed by atoms with Gasteiger partial charge in [-0.15, -0.1) is 0 Å². The second-order valence-electron chi connectivity index (χ2n) is 8.86. The summed E-state index contributed by atoms with van der Waals surface area (Å²) in [4.78, 5) is 15.7. The summed E-state index contributed by atoms with van der Waals surface area (Å²) >= 11 is 3.49. The van der Waals surface area contributed by atoms with Gasteiger partial charge in [-0.1, -0.05) is 28.1 Å². The van der Waals surface area contributed by atoms with Crippen molar-refractivity contribution in [1.82, 2.24) is 4.90 Å². The van der Waals surface area contributed by atoms with Gasteiger partial charge in [0.1, 0.15) is 6.10 Å². The minimum Gasteiger partial charge on any atom is -0.370 e. The second-order valence-corrected chi connectivity index (χ2v) is 9.78. The first-order valence-corrected chi connectivity index (χ1v) is 10.6. The van der Waals surface area contributed by atoms with Gasteiger partial charge in [0.15, 0.2) is 0 Å². The third-order valence-electron chi connectivity index (χ3n) is 7.09. The van der Waals surface area contributed by atoms with Crippen LogP contribution < -0.4 is 0 Å².